The quantitative estimate of drug-likeness (QED) is 0.841. The first-order valence-corrected chi connectivity index (χ1v) is 7.18. The van der Waals surface area contributed by atoms with Gasteiger partial charge in [-0.3, -0.25) is 0 Å². The van der Waals surface area contributed by atoms with Gasteiger partial charge in [-0.25, -0.2) is 0 Å². The Bertz CT molecular complexity index is 569. The molecule has 2 aromatic rings. The van der Waals surface area contributed by atoms with Crippen LogP contribution in [0.2, 0.25) is 0 Å². The van der Waals surface area contributed by atoms with Crippen molar-refractivity contribution in [3.8, 4) is 5.75 Å². The molecule has 0 heterocycles. The number of para-hydroxylation sites is 1. The van der Waals surface area contributed by atoms with Gasteiger partial charge >= 0.3 is 0 Å². The zero-order valence-corrected chi connectivity index (χ0v) is 12.9. The summed E-state index contributed by atoms with van der Waals surface area (Å²) in [5, 5.41) is 3.55. The summed E-state index contributed by atoms with van der Waals surface area (Å²) in [6, 6.07) is 16.7. The molecular formula is C18H23NO2. The van der Waals surface area contributed by atoms with Gasteiger partial charge in [-0.1, -0.05) is 42.5 Å². The first-order valence-electron chi connectivity index (χ1n) is 7.18. The van der Waals surface area contributed by atoms with Crippen molar-refractivity contribution in [3.63, 3.8) is 0 Å². The number of rotatable bonds is 7. The van der Waals surface area contributed by atoms with E-state index in [0.717, 1.165) is 12.3 Å². The first-order chi connectivity index (χ1) is 10.3. The van der Waals surface area contributed by atoms with Crippen molar-refractivity contribution >= 4 is 0 Å². The maximum absolute atomic E-state index is 5.42. The van der Waals surface area contributed by atoms with Gasteiger partial charge < -0.3 is 14.8 Å². The molecule has 1 N–H and O–H groups in total. The van der Waals surface area contributed by atoms with E-state index < -0.39 is 0 Å². The molecule has 0 unspecified atom stereocenters. The Labute approximate surface area is 126 Å². The summed E-state index contributed by atoms with van der Waals surface area (Å²) in [6.45, 7) is 3.59. The molecule has 112 valence electrons. The van der Waals surface area contributed by atoms with Crippen molar-refractivity contribution in [2.45, 2.75) is 26.1 Å². The fourth-order valence-corrected chi connectivity index (χ4v) is 2.42. The number of hydrogen-bond acceptors (Lipinski definition) is 3. The molecule has 0 aliphatic heterocycles. The Morgan fingerprint density at radius 2 is 1.62 bits per heavy atom. The van der Waals surface area contributed by atoms with Gasteiger partial charge in [0, 0.05) is 25.3 Å². The van der Waals surface area contributed by atoms with Crippen molar-refractivity contribution < 1.29 is 9.47 Å². The van der Waals surface area contributed by atoms with Crippen LogP contribution in [0.3, 0.4) is 0 Å². The lowest BCUT2D eigenvalue weighted by molar-refractivity contribution is 0.184. The molecule has 0 saturated carbocycles. The number of hydrogen-bond donors (Lipinski definition) is 1. The van der Waals surface area contributed by atoms with Crippen molar-refractivity contribution in [1.82, 2.24) is 5.32 Å². The largest absolute Gasteiger partial charge is 0.496 e. The summed E-state index contributed by atoms with van der Waals surface area (Å²) in [7, 11) is 3.43. The molecule has 0 aliphatic carbocycles. The second-order valence-corrected chi connectivity index (χ2v) is 5.05. The third-order valence-corrected chi connectivity index (χ3v) is 3.62. The molecule has 3 nitrogen and oxygen atoms in total. The standard InChI is InChI=1S/C18H23NO2/c1-14(17-10-6-7-11-18(17)21-3)19-12-15-8-4-5-9-16(15)13-20-2/h4-11,14,19H,12-13H2,1-3H3/t14-/m0/s1. The maximum Gasteiger partial charge on any atom is 0.123 e. The van der Waals surface area contributed by atoms with Crippen LogP contribution < -0.4 is 10.1 Å². The van der Waals surface area contributed by atoms with E-state index in [0.29, 0.717) is 6.61 Å². The number of ether oxygens (including phenoxy) is 2. The molecule has 21 heavy (non-hydrogen) atoms. The van der Waals surface area contributed by atoms with E-state index in [1.165, 1.54) is 16.7 Å². The third-order valence-electron chi connectivity index (χ3n) is 3.62. The van der Waals surface area contributed by atoms with Crippen molar-refractivity contribution in [2.75, 3.05) is 14.2 Å². The monoisotopic (exact) mass is 285 g/mol. The molecule has 0 radical (unpaired) electrons. The highest BCUT2D eigenvalue weighted by molar-refractivity contribution is 5.35. The third kappa shape index (κ3) is 4.06. The van der Waals surface area contributed by atoms with Crippen LogP contribution in [0, 0.1) is 0 Å². The molecular weight excluding hydrogens is 262 g/mol. The van der Waals surface area contributed by atoms with Crippen LogP contribution in [0.25, 0.3) is 0 Å². The molecule has 0 spiro atoms. The Morgan fingerprint density at radius 3 is 2.33 bits per heavy atom. The Morgan fingerprint density at radius 1 is 0.952 bits per heavy atom. The van der Waals surface area contributed by atoms with Crippen molar-refractivity contribution in [2.24, 2.45) is 0 Å². The minimum absolute atomic E-state index is 0.219. The van der Waals surface area contributed by atoms with E-state index in [2.05, 4.69) is 36.5 Å². The highest BCUT2D eigenvalue weighted by Gasteiger charge is 2.11. The zero-order chi connectivity index (χ0) is 15.1. The Hall–Kier alpha value is -1.84. The van der Waals surface area contributed by atoms with Gasteiger partial charge in [0.2, 0.25) is 0 Å². The highest BCUT2D eigenvalue weighted by atomic mass is 16.5. The number of benzene rings is 2. The average molecular weight is 285 g/mol. The Balaban J connectivity index is 2.06. The van der Waals surface area contributed by atoms with Gasteiger partial charge in [-0.05, 0) is 24.1 Å². The summed E-state index contributed by atoms with van der Waals surface area (Å²) < 4.78 is 10.7. The fraction of sp³-hybridized carbons (Fsp3) is 0.333. The summed E-state index contributed by atoms with van der Waals surface area (Å²) in [6.07, 6.45) is 0. The Kier molecular flexibility index (Phi) is 5.78. The van der Waals surface area contributed by atoms with Crippen molar-refractivity contribution in [1.29, 1.82) is 0 Å². The lowest BCUT2D eigenvalue weighted by Crippen LogP contribution is -2.19. The van der Waals surface area contributed by atoms with Crippen LogP contribution in [-0.2, 0) is 17.9 Å². The lowest BCUT2D eigenvalue weighted by atomic mass is 10.1. The second-order valence-electron chi connectivity index (χ2n) is 5.05. The zero-order valence-electron chi connectivity index (χ0n) is 12.9. The van der Waals surface area contributed by atoms with E-state index >= 15 is 0 Å². The summed E-state index contributed by atoms with van der Waals surface area (Å²) >= 11 is 0. The molecule has 0 aromatic heterocycles. The molecule has 0 aliphatic rings. The minimum Gasteiger partial charge on any atom is -0.496 e. The van der Waals surface area contributed by atoms with Crippen LogP contribution in [0.4, 0.5) is 0 Å². The maximum atomic E-state index is 5.42. The normalized spacial score (nSPS) is 12.1. The van der Waals surface area contributed by atoms with Gasteiger partial charge in [-0.2, -0.15) is 0 Å². The summed E-state index contributed by atoms with van der Waals surface area (Å²) in [5.74, 6) is 0.919. The van der Waals surface area contributed by atoms with E-state index in [1.807, 2.05) is 24.3 Å². The SMILES string of the molecule is COCc1ccccc1CN[C@@H](C)c1ccccc1OC. The van der Waals surface area contributed by atoms with E-state index in [9.17, 15) is 0 Å². The van der Waals surface area contributed by atoms with Crippen LogP contribution in [0.1, 0.15) is 29.7 Å². The molecule has 0 saturated heterocycles. The van der Waals surface area contributed by atoms with Crippen LogP contribution >= 0.6 is 0 Å². The summed E-state index contributed by atoms with van der Waals surface area (Å²) in [4.78, 5) is 0. The number of methoxy groups -OCH3 is 2. The van der Waals surface area contributed by atoms with Gasteiger partial charge in [0.05, 0.1) is 13.7 Å². The summed E-state index contributed by atoms with van der Waals surface area (Å²) in [5.41, 5.74) is 3.66. The smallest absolute Gasteiger partial charge is 0.123 e. The molecule has 2 aromatic carbocycles. The molecule has 0 amide bonds. The van der Waals surface area contributed by atoms with Crippen LogP contribution in [-0.4, -0.2) is 14.2 Å². The highest BCUT2D eigenvalue weighted by Crippen LogP contribution is 2.24. The lowest BCUT2D eigenvalue weighted by Gasteiger charge is -2.18. The van der Waals surface area contributed by atoms with E-state index in [4.69, 9.17) is 9.47 Å². The molecule has 0 bridgehead atoms. The van der Waals surface area contributed by atoms with Gasteiger partial charge in [0.25, 0.3) is 0 Å². The van der Waals surface area contributed by atoms with E-state index in [-0.39, 0.29) is 6.04 Å². The second kappa shape index (κ2) is 7.81. The first kappa shape index (κ1) is 15.5. The van der Waals surface area contributed by atoms with Gasteiger partial charge in [0.15, 0.2) is 0 Å². The molecule has 0 fully saturated rings. The molecule has 1 atom stereocenters. The fourth-order valence-electron chi connectivity index (χ4n) is 2.42. The van der Waals surface area contributed by atoms with E-state index in [1.54, 1.807) is 14.2 Å². The minimum atomic E-state index is 0.219. The predicted molar refractivity (Wildman–Crippen MR) is 85.4 cm³/mol. The average Bonchev–Trinajstić information content (AvgIpc) is 2.54. The number of nitrogens with one attached hydrogen (secondary N) is 1. The molecule has 2 rings (SSSR count). The van der Waals surface area contributed by atoms with Gasteiger partial charge in [0.1, 0.15) is 5.75 Å². The van der Waals surface area contributed by atoms with Crippen LogP contribution in [0.5, 0.6) is 5.75 Å². The van der Waals surface area contributed by atoms with Gasteiger partial charge in [-0.15, -0.1) is 0 Å². The topological polar surface area (TPSA) is 30.5 Å². The van der Waals surface area contributed by atoms with Crippen molar-refractivity contribution in [3.05, 3.63) is 65.2 Å². The molecule has 3 heteroatoms. The predicted octanol–water partition coefficient (Wildman–Crippen LogP) is 3.69. The van der Waals surface area contributed by atoms with Crippen LogP contribution in [0.15, 0.2) is 48.5 Å².